The van der Waals surface area contributed by atoms with Crippen LogP contribution < -0.4 is 10.1 Å². The predicted octanol–water partition coefficient (Wildman–Crippen LogP) is 3.90. The summed E-state index contributed by atoms with van der Waals surface area (Å²) in [7, 11) is 0. The SMILES string of the molecule is CCc1cccc(C)c1NC(=O)COC(=O)[C@H](CC)Oc1ccccc1. The quantitative estimate of drug-likeness (QED) is 0.730. The van der Waals surface area contributed by atoms with Gasteiger partial charge in [0, 0.05) is 5.69 Å². The van der Waals surface area contributed by atoms with E-state index in [4.69, 9.17) is 9.47 Å². The molecule has 2 aromatic rings. The van der Waals surface area contributed by atoms with Gasteiger partial charge in [-0.25, -0.2) is 4.79 Å². The second-order valence-electron chi connectivity index (χ2n) is 5.95. The molecule has 0 saturated carbocycles. The second kappa shape index (κ2) is 9.61. The first-order valence-corrected chi connectivity index (χ1v) is 8.81. The van der Waals surface area contributed by atoms with E-state index in [9.17, 15) is 9.59 Å². The first-order chi connectivity index (χ1) is 12.5. The van der Waals surface area contributed by atoms with E-state index in [0.717, 1.165) is 23.2 Å². The topological polar surface area (TPSA) is 64.6 Å². The molecule has 26 heavy (non-hydrogen) atoms. The fourth-order valence-corrected chi connectivity index (χ4v) is 2.57. The predicted molar refractivity (Wildman–Crippen MR) is 101 cm³/mol. The molecule has 2 rings (SSSR count). The Morgan fingerprint density at radius 1 is 1.04 bits per heavy atom. The molecule has 0 unspecified atom stereocenters. The number of hydrogen-bond donors (Lipinski definition) is 1. The van der Waals surface area contributed by atoms with E-state index in [1.54, 1.807) is 12.1 Å². The standard InChI is InChI=1S/C21H25NO4/c1-4-16-11-9-10-15(3)20(16)22-19(23)14-25-21(24)18(5-2)26-17-12-7-6-8-13-17/h6-13,18H,4-5,14H2,1-3H3,(H,22,23)/t18-/m0/s1. The molecule has 0 heterocycles. The molecule has 138 valence electrons. The van der Waals surface area contributed by atoms with Crippen molar-refractivity contribution in [1.82, 2.24) is 0 Å². The molecule has 0 aliphatic rings. The third-order valence-electron chi connectivity index (χ3n) is 4.01. The number of hydrogen-bond acceptors (Lipinski definition) is 4. The summed E-state index contributed by atoms with van der Waals surface area (Å²) in [5, 5.41) is 2.83. The maximum Gasteiger partial charge on any atom is 0.347 e. The molecular weight excluding hydrogens is 330 g/mol. The summed E-state index contributed by atoms with van der Waals surface area (Å²) < 4.78 is 10.8. The van der Waals surface area contributed by atoms with Gasteiger partial charge in [0.2, 0.25) is 0 Å². The van der Waals surface area contributed by atoms with Crippen molar-refractivity contribution in [2.24, 2.45) is 0 Å². The smallest absolute Gasteiger partial charge is 0.347 e. The second-order valence-corrected chi connectivity index (χ2v) is 5.95. The molecule has 1 atom stereocenters. The monoisotopic (exact) mass is 355 g/mol. The maximum absolute atomic E-state index is 12.2. The van der Waals surface area contributed by atoms with Crippen LogP contribution in [0.3, 0.4) is 0 Å². The van der Waals surface area contributed by atoms with E-state index in [1.165, 1.54) is 0 Å². The summed E-state index contributed by atoms with van der Waals surface area (Å²) in [4.78, 5) is 24.4. The summed E-state index contributed by atoms with van der Waals surface area (Å²) in [6.07, 6.45) is 0.516. The van der Waals surface area contributed by atoms with Crippen LogP contribution >= 0.6 is 0 Å². The van der Waals surface area contributed by atoms with Crippen LogP contribution in [-0.4, -0.2) is 24.6 Å². The van der Waals surface area contributed by atoms with Crippen LogP contribution in [0.4, 0.5) is 5.69 Å². The van der Waals surface area contributed by atoms with Crippen LogP contribution in [0.15, 0.2) is 48.5 Å². The molecule has 0 radical (unpaired) electrons. The number of amides is 1. The Morgan fingerprint density at radius 3 is 2.42 bits per heavy atom. The highest BCUT2D eigenvalue weighted by molar-refractivity contribution is 5.94. The molecule has 0 bridgehead atoms. The molecule has 5 heteroatoms. The molecule has 1 N–H and O–H groups in total. The molecule has 0 saturated heterocycles. The Hall–Kier alpha value is -2.82. The van der Waals surface area contributed by atoms with Crippen molar-refractivity contribution in [2.45, 2.75) is 39.7 Å². The summed E-state index contributed by atoms with van der Waals surface area (Å²) >= 11 is 0. The molecule has 0 aliphatic carbocycles. The van der Waals surface area contributed by atoms with E-state index in [0.29, 0.717) is 12.2 Å². The molecule has 0 spiro atoms. The number of ether oxygens (including phenoxy) is 2. The van der Waals surface area contributed by atoms with Crippen LogP contribution in [0.2, 0.25) is 0 Å². The molecule has 2 aromatic carbocycles. The van der Waals surface area contributed by atoms with Gasteiger partial charge < -0.3 is 14.8 Å². The van der Waals surface area contributed by atoms with Crippen LogP contribution in [0.5, 0.6) is 5.75 Å². The Labute approximate surface area is 154 Å². The van der Waals surface area contributed by atoms with Crippen molar-refractivity contribution in [1.29, 1.82) is 0 Å². The molecule has 5 nitrogen and oxygen atoms in total. The van der Waals surface area contributed by atoms with Gasteiger partial charge in [-0.05, 0) is 43.0 Å². The zero-order chi connectivity index (χ0) is 18.9. The highest BCUT2D eigenvalue weighted by Crippen LogP contribution is 2.21. The van der Waals surface area contributed by atoms with E-state index in [-0.39, 0.29) is 12.5 Å². The summed E-state index contributed by atoms with van der Waals surface area (Å²) in [5.41, 5.74) is 2.80. The van der Waals surface area contributed by atoms with Gasteiger partial charge >= 0.3 is 5.97 Å². The zero-order valence-electron chi connectivity index (χ0n) is 15.5. The number of aryl methyl sites for hydroxylation is 2. The summed E-state index contributed by atoms with van der Waals surface area (Å²) in [6, 6.07) is 14.9. The van der Waals surface area contributed by atoms with Gasteiger partial charge in [-0.2, -0.15) is 0 Å². The number of benzene rings is 2. The molecule has 1 amide bonds. The van der Waals surface area contributed by atoms with Gasteiger partial charge in [0.05, 0.1) is 0 Å². The first-order valence-electron chi connectivity index (χ1n) is 8.81. The van der Waals surface area contributed by atoms with Gasteiger partial charge in [-0.3, -0.25) is 4.79 Å². The van der Waals surface area contributed by atoms with E-state index in [1.807, 2.05) is 57.2 Å². The van der Waals surface area contributed by atoms with E-state index < -0.39 is 12.1 Å². The van der Waals surface area contributed by atoms with Crippen molar-refractivity contribution < 1.29 is 19.1 Å². The third kappa shape index (κ3) is 5.34. The fourth-order valence-electron chi connectivity index (χ4n) is 2.57. The van der Waals surface area contributed by atoms with E-state index >= 15 is 0 Å². The van der Waals surface area contributed by atoms with Crippen LogP contribution in [0.25, 0.3) is 0 Å². The lowest BCUT2D eigenvalue weighted by Gasteiger charge is -2.17. The minimum atomic E-state index is -0.741. The number of carbonyl (C=O) groups is 2. The lowest BCUT2D eigenvalue weighted by molar-refractivity contribution is -0.154. The van der Waals surface area contributed by atoms with Gasteiger partial charge in [0.15, 0.2) is 12.7 Å². The number of para-hydroxylation sites is 2. The number of nitrogens with one attached hydrogen (secondary N) is 1. The van der Waals surface area contributed by atoms with Crippen LogP contribution in [-0.2, 0) is 20.7 Å². The van der Waals surface area contributed by atoms with Crippen molar-refractivity contribution in [3.8, 4) is 5.75 Å². The van der Waals surface area contributed by atoms with Crippen LogP contribution in [0, 0.1) is 6.92 Å². The minimum Gasteiger partial charge on any atom is -0.479 e. The average Bonchev–Trinajstić information content (AvgIpc) is 2.66. The van der Waals surface area contributed by atoms with Gasteiger partial charge in [-0.1, -0.05) is 50.2 Å². The largest absolute Gasteiger partial charge is 0.479 e. The Bertz CT molecular complexity index is 743. The van der Waals surface area contributed by atoms with Gasteiger partial charge in [-0.15, -0.1) is 0 Å². The molecule has 0 aromatic heterocycles. The minimum absolute atomic E-state index is 0.342. The number of esters is 1. The first kappa shape index (κ1) is 19.5. The zero-order valence-corrected chi connectivity index (χ0v) is 15.5. The maximum atomic E-state index is 12.2. The number of anilines is 1. The fraction of sp³-hybridized carbons (Fsp3) is 0.333. The van der Waals surface area contributed by atoms with Crippen molar-refractivity contribution in [3.63, 3.8) is 0 Å². The van der Waals surface area contributed by atoms with E-state index in [2.05, 4.69) is 5.32 Å². The number of rotatable bonds is 8. The Morgan fingerprint density at radius 2 is 1.77 bits per heavy atom. The average molecular weight is 355 g/mol. The lowest BCUT2D eigenvalue weighted by Crippen LogP contribution is -2.31. The Balaban J connectivity index is 1.91. The molecule has 0 fully saturated rings. The summed E-state index contributed by atoms with van der Waals surface area (Å²) in [5.74, 6) is -0.322. The van der Waals surface area contributed by atoms with Crippen molar-refractivity contribution >= 4 is 17.6 Å². The third-order valence-corrected chi connectivity index (χ3v) is 4.01. The van der Waals surface area contributed by atoms with Crippen molar-refractivity contribution in [3.05, 3.63) is 59.7 Å². The number of carbonyl (C=O) groups excluding carboxylic acids is 2. The van der Waals surface area contributed by atoms with Gasteiger partial charge in [0.25, 0.3) is 5.91 Å². The normalized spacial score (nSPS) is 11.5. The molecule has 0 aliphatic heterocycles. The van der Waals surface area contributed by atoms with Crippen LogP contribution in [0.1, 0.15) is 31.4 Å². The summed E-state index contributed by atoms with van der Waals surface area (Å²) in [6.45, 7) is 5.44. The lowest BCUT2D eigenvalue weighted by atomic mass is 10.1. The Kier molecular flexibility index (Phi) is 7.21. The van der Waals surface area contributed by atoms with Gasteiger partial charge in [0.1, 0.15) is 5.75 Å². The van der Waals surface area contributed by atoms with Crippen molar-refractivity contribution in [2.75, 3.05) is 11.9 Å². The molecular formula is C21H25NO4. The highest BCUT2D eigenvalue weighted by atomic mass is 16.6. The highest BCUT2D eigenvalue weighted by Gasteiger charge is 2.21.